The first-order valence-electron chi connectivity index (χ1n) is 22.2. The Balaban J connectivity index is 1.36. The highest BCUT2D eigenvalue weighted by molar-refractivity contribution is 6.54. The van der Waals surface area contributed by atoms with E-state index in [9.17, 15) is 0 Å². The molecule has 15 rings (SSSR count). The molecule has 0 fully saturated rings. The molecule has 2 unspecified atom stereocenters. The molecule has 68 heavy (non-hydrogen) atoms. The summed E-state index contributed by atoms with van der Waals surface area (Å²) in [5.41, 5.74) is 9.36. The first-order valence-corrected chi connectivity index (χ1v) is 25.2. The van der Waals surface area contributed by atoms with Gasteiger partial charge in [0.15, 0.2) is 0 Å². The van der Waals surface area contributed by atoms with Crippen LogP contribution in [0.5, 0.6) is 0 Å². The second kappa shape index (κ2) is 14.2. The van der Waals surface area contributed by atoms with Gasteiger partial charge in [-0.3, -0.25) is 0 Å². The van der Waals surface area contributed by atoms with Crippen LogP contribution in [0.2, 0.25) is 40.2 Å². The predicted molar refractivity (Wildman–Crippen MR) is 295 cm³/mol. The molecule has 0 amide bonds. The van der Waals surface area contributed by atoms with E-state index in [0.717, 1.165) is 142 Å². The van der Waals surface area contributed by atoms with E-state index in [2.05, 4.69) is 72.8 Å². The fourth-order valence-electron chi connectivity index (χ4n) is 13.0. The molecule has 0 aromatic heterocycles. The lowest BCUT2D eigenvalue weighted by atomic mass is 9.64. The Labute approximate surface area is 428 Å². The molecule has 2 aliphatic carbocycles. The molecule has 2 aliphatic rings. The third-order valence-electron chi connectivity index (χ3n) is 15.2. The van der Waals surface area contributed by atoms with Gasteiger partial charge in [-0.15, -0.1) is 0 Å². The second-order valence-corrected chi connectivity index (χ2v) is 21.4. The fraction of sp³-hybridized carbons (Fsp3) is 0.0333. The van der Waals surface area contributed by atoms with Crippen LogP contribution >= 0.6 is 92.8 Å². The van der Waals surface area contributed by atoms with Gasteiger partial charge in [0.1, 0.15) is 0 Å². The minimum atomic E-state index is -0.435. The van der Waals surface area contributed by atoms with Crippen LogP contribution in [-0.4, -0.2) is 0 Å². The third kappa shape index (κ3) is 4.89. The van der Waals surface area contributed by atoms with Crippen molar-refractivity contribution in [1.29, 1.82) is 0 Å². The number of hydrogen-bond donors (Lipinski definition) is 0. The van der Waals surface area contributed by atoms with Crippen LogP contribution in [0.25, 0.3) is 108 Å². The number of benzene rings is 13. The minimum Gasteiger partial charge on any atom is -0.0839 e. The standard InChI is InChI=1S/C60H26Cl8/c61-33-17-5-18-34(62)49(33)45-29-13-1-9-25-26-10-2-14-30-42(26)54-53(41(25)29)59-55-43-27(11-3-15-31(43)46(57(45)59)50-35(63)19-6-20-36(50)64)28-12-4-16-32-44(28)56(55)60(54)58(47(30)51-37(65)21-7-22-38(51)66)48(32)52-39(67)23-8-24-40(52)68/h1-24,45,48H. The topological polar surface area (TPSA) is 0 Å². The van der Waals surface area contributed by atoms with Crippen molar-refractivity contribution in [2.75, 3.05) is 0 Å². The zero-order valence-electron chi connectivity index (χ0n) is 35.0. The molecule has 0 N–H and O–H groups in total. The predicted octanol–water partition coefficient (Wildman–Crippen LogP) is 21.3. The van der Waals surface area contributed by atoms with Crippen molar-refractivity contribution in [3.63, 3.8) is 0 Å². The number of fused-ring (bicyclic) bond motifs is 2. The summed E-state index contributed by atoms with van der Waals surface area (Å²) in [5.74, 6) is -0.870. The molecule has 13 aromatic carbocycles. The van der Waals surface area contributed by atoms with Gasteiger partial charge in [0.05, 0.1) is 0 Å². The maximum Gasteiger partial charge on any atom is 0.0499 e. The summed E-state index contributed by atoms with van der Waals surface area (Å²) in [6.45, 7) is 0. The van der Waals surface area contributed by atoms with Crippen molar-refractivity contribution < 1.29 is 0 Å². The Morgan fingerprint density at radius 1 is 0.206 bits per heavy atom. The van der Waals surface area contributed by atoms with Crippen LogP contribution in [0, 0.1) is 0 Å². The Morgan fingerprint density at radius 2 is 0.471 bits per heavy atom. The summed E-state index contributed by atoms with van der Waals surface area (Å²) in [6.07, 6.45) is 0. The largest absolute Gasteiger partial charge is 0.0839 e. The molecule has 322 valence electrons. The molecule has 2 atom stereocenters. The van der Waals surface area contributed by atoms with E-state index in [1.807, 2.05) is 72.8 Å². The highest BCUT2D eigenvalue weighted by atomic mass is 35.5. The molecule has 0 aliphatic heterocycles. The van der Waals surface area contributed by atoms with E-state index < -0.39 is 11.8 Å². The average Bonchev–Trinajstić information content (AvgIpc) is 3.33. The van der Waals surface area contributed by atoms with E-state index in [0.29, 0.717) is 40.2 Å². The van der Waals surface area contributed by atoms with Crippen LogP contribution in [-0.2, 0) is 0 Å². The zero-order valence-corrected chi connectivity index (χ0v) is 41.1. The van der Waals surface area contributed by atoms with Crippen molar-refractivity contribution in [2.24, 2.45) is 0 Å². The maximum atomic E-state index is 7.47. The molecule has 0 bridgehead atoms. The average molecular weight is 1030 g/mol. The lowest BCUT2D eigenvalue weighted by Crippen LogP contribution is -2.16. The Morgan fingerprint density at radius 3 is 0.824 bits per heavy atom. The van der Waals surface area contributed by atoms with Crippen molar-refractivity contribution in [2.45, 2.75) is 11.8 Å². The molecule has 0 saturated carbocycles. The van der Waals surface area contributed by atoms with Crippen LogP contribution in [0.1, 0.15) is 45.2 Å². The molecule has 0 radical (unpaired) electrons. The van der Waals surface area contributed by atoms with Gasteiger partial charge in [-0.05, 0) is 168 Å². The Hall–Kier alpha value is -5.22. The van der Waals surface area contributed by atoms with Crippen LogP contribution in [0.4, 0.5) is 0 Å². The van der Waals surface area contributed by atoms with Gasteiger partial charge >= 0.3 is 0 Å². The van der Waals surface area contributed by atoms with Crippen molar-refractivity contribution in [1.82, 2.24) is 0 Å². The molecule has 0 saturated heterocycles. The van der Waals surface area contributed by atoms with Crippen LogP contribution < -0.4 is 0 Å². The lowest BCUT2D eigenvalue weighted by Gasteiger charge is -2.38. The quantitative estimate of drug-likeness (QED) is 0.122. The molecular weight excluding hydrogens is 1000 g/mol. The van der Waals surface area contributed by atoms with Crippen molar-refractivity contribution in [3.05, 3.63) is 219 Å². The lowest BCUT2D eigenvalue weighted by molar-refractivity contribution is 1.00. The summed E-state index contributed by atoms with van der Waals surface area (Å²) < 4.78 is 0. The summed E-state index contributed by atoms with van der Waals surface area (Å²) in [5, 5.41) is 22.4. The number of hydrogen-bond acceptors (Lipinski definition) is 0. The molecule has 0 spiro atoms. The SMILES string of the molecule is Clc1cccc(Cl)c1-c1c2c3c4c5c(cccc5c5cccc6c(-c7c(Cl)cccc7Cl)c7c(c8c9c(cccc9c9cccc1c9c38)C7c1c(Cl)cccc1Cl)c4c65)C2c1c(Cl)cccc1Cl. The Bertz CT molecular complexity index is 4110. The Kier molecular flexibility index (Phi) is 8.49. The maximum absolute atomic E-state index is 7.47. The minimum absolute atomic E-state index is 0.435. The highest BCUT2D eigenvalue weighted by Gasteiger charge is 2.42. The molecule has 13 aromatic rings. The van der Waals surface area contributed by atoms with Gasteiger partial charge in [0.2, 0.25) is 0 Å². The summed E-state index contributed by atoms with van der Waals surface area (Å²) in [6, 6.07) is 49.7. The van der Waals surface area contributed by atoms with Crippen LogP contribution in [0.3, 0.4) is 0 Å². The molecule has 0 nitrogen and oxygen atoms in total. The third-order valence-corrected chi connectivity index (χ3v) is 17.8. The summed E-state index contributed by atoms with van der Waals surface area (Å²) in [4.78, 5) is 0. The van der Waals surface area contributed by atoms with Gasteiger partial charge in [0.25, 0.3) is 0 Å². The fourth-order valence-corrected chi connectivity index (χ4v) is 15.4. The molecule has 0 heterocycles. The van der Waals surface area contributed by atoms with E-state index in [-0.39, 0.29) is 0 Å². The van der Waals surface area contributed by atoms with E-state index in [4.69, 9.17) is 92.8 Å². The zero-order chi connectivity index (χ0) is 45.8. The van der Waals surface area contributed by atoms with Gasteiger partial charge in [-0.25, -0.2) is 0 Å². The smallest absolute Gasteiger partial charge is 0.0499 e. The van der Waals surface area contributed by atoms with E-state index in [1.165, 1.54) is 0 Å². The second-order valence-electron chi connectivity index (χ2n) is 18.2. The van der Waals surface area contributed by atoms with E-state index in [1.54, 1.807) is 0 Å². The van der Waals surface area contributed by atoms with Crippen molar-refractivity contribution >= 4 is 179 Å². The summed E-state index contributed by atoms with van der Waals surface area (Å²) in [7, 11) is 0. The van der Waals surface area contributed by atoms with Crippen molar-refractivity contribution in [3.8, 4) is 22.3 Å². The normalized spacial score (nSPS) is 15.4. The van der Waals surface area contributed by atoms with Crippen LogP contribution in [0.15, 0.2) is 146 Å². The van der Waals surface area contributed by atoms with Gasteiger partial charge in [-0.2, -0.15) is 0 Å². The first-order chi connectivity index (χ1) is 33.2. The van der Waals surface area contributed by atoms with Gasteiger partial charge < -0.3 is 0 Å². The molecule has 8 heteroatoms. The van der Waals surface area contributed by atoms with Gasteiger partial charge in [0, 0.05) is 74.3 Å². The summed E-state index contributed by atoms with van der Waals surface area (Å²) >= 11 is 59.7. The highest BCUT2D eigenvalue weighted by Crippen LogP contribution is 2.66. The number of rotatable bonds is 4. The van der Waals surface area contributed by atoms with Gasteiger partial charge in [-0.1, -0.05) is 190 Å². The number of halogens is 8. The monoisotopic (exact) mass is 1030 g/mol. The first kappa shape index (κ1) is 40.6. The molecular formula is C60H26Cl8. The van der Waals surface area contributed by atoms with E-state index >= 15 is 0 Å².